The summed E-state index contributed by atoms with van der Waals surface area (Å²) in [6, 6.07) is 3.69. The molecule has 0 aromatic heterocycles. The fourth-order valence-corrected chi connectivity index (χ4v) is 3.11. The van der Waals surface area contributed by atoms with Gasteiger partial charge in [-0.25, -0.2) is 8.78 Å². The molecule has 1 nitrogen and oxygen atoms in total. The Morgan fingerprint density at radius 1 is 1.17 bits per heavy atom. The Labute approximate surface area is 107 Å². The Balaban J connectivity index is 2.20. The lowest BCUT2D eigenvalue weighted by Crippen LogP contribution is -2.51. The predicted octanol–water partition coefficient (Wildman–Crippen LogP) is 3.66. The normalized spacial score (nSPS) is 32.5. The molecule has 3 unspecified atom stereocenters. The van der Waals surface area contributed by atoms with Crippen molar-refractivity contribution in [3.63, 3.8) is 0 Å². The second kappa shape index (κ2) is 4.96. The molecular weight excluding hydrogens is 232 g/mol. The van der Waals surface area contributed by atoms with Crippen molar-refractivity contribution in [1.82, 2.24) is 0 Å². The summed E-state index contributed by atoms with van der Waals surface area (Å²) in [5.41, 5.74) is 6.81. The number of halogens is 2. The highest BCUT2D eigenvalue weighted by Gasteiger charge is 2.37. The quantitative estimate of drug-likeness (QED) is 0.855. The fourth-order valence-electron chi connectivity index (χ4n) is 3.11. The Hall–Kier alpha value is -0.960. The highest BCUT2D eigenvalue weighted by atomic mass is 19.1. The lowest BCUT2D eigenvalue weighted by Gasteiger charge is -2.42. The minimum absolute atomic E-state index is 0.335. The fraction of sp³-hybridized carbons (Fsp3) is 0.600. The largest absolute Gasteiger partial charge is 0.325 e. The summed E-state index contributed by atoms with van der Waals surface area (Å²) in [6.45, 7) is 4.33. The van der Waals surface area contributed by atoms with Crippen molar-refractivity contribution in [3.8, 4) is 0 Å². The number of rotatable bonds is 2. The number of hydrogen-bond acceptors (Lipinski definition) is 1. The van der Waals surface area contributed by atoms with Crippen LogP contribution in [0.3, 0.4) is 0 Å². The maximum absolute atomic E-state index is 13.2. The molecule has 18 heavy (non-hydrogen) atoms. The van der Waals surface area contributed by atoms with Gasteiger partial charge in [-0.2, -0.15) is 0 Å². The van der Waals surface area contributed by atoms with Crippen molar-refractivity contribution in [2.45, 2.75) is 45.1 Å². The van der Waals surface area contributed by atoms with Gasteiger partial charge in [0.15, 0.2) is 0 Å². The Morgan fingerprint density at radius 3 is 2.39 bits per heavy atom. The van der Waals surface area contributed by atoms with Crippen LogP contribution >= 0.6 is 0 Å². The number of benzene rings is 1. The van der Waals surface area contributed by atoms with Gasteiger partial charge in [0.25, 0.3) is 0 Å². The van der Waals surface area contributed by atoms with Crippen molar-refractivity contribution < 1.29 is 8.78 Å². The molecule has 1 aliphatic rings. The summed E-state index contributed by atoms with van der Waals surface area (Å²) in [5, 5.41) is 0. The van der Waals surface area contributed by atoms with Crippen LogP contribution in [0.2, 0.25) is 0 Å². The summed E-state index contributed by atoms with van der Waals surface area (Å²) >= 11 is 0. The van der Waals surface area contributed by atoms with Crippen molar-refractivity contribution in [2.24, 2.45) is 17.6 Å². The third-order valence-corrected chi connectivity index (χ3v) is 4.26. The molecule has 3 heteroatoms. The zero-order chi connectivity index (χ0) is 13.3. The molecule has 1 aliphatic carbocycles. The first-order valence-corrected chi connectivity index (χ1v) is 6.63. The van der Waals surface area contributed by atoms with Gasteiger partial charge in [-0.05, 0) is 48.8 Å². The summed E-state index contributed by atoms with van der Waals surface area (Å²) in [6.07, 6.45) is 3.76. The van der Waals surface area contributed by atoms with Crippen molar-refractivity contribution >= 4 is 0 Å². The molecule has 1 aromatic carbocycles. The van der Waals surface area contributed by atoms with Gasteiger partial charge in [-0.3, -0.25) is 0 Å². The van der Waals surface area contributed by atoms with Crippen LogP contribution < -0.4 is 5.73 Å². The van der Waals surface area contributed by atoms with E-state index in [2.05, 4.69) is 13.8 Å². The molecule has 0 radical (unpaired) electrons. The van der Waals surface area contributed by atoms with Gasteiger partial charge in [0.2, 0.25) is 0 Å². The first-order valence-electron chi connectivity index (χ1n) is 6.63. The zero-order valence-corrected chi connectivity index (χ0v) is 11.0. The summed E-state index contributed by atoms with van der Waals surface area (Å²) in [5.74, 6) is -0.0696. The molecule has 1 saturated carbocycles. The van der Waals surface area contributed by atoms with E-state index in [4.69, 9.17) is 5.73 Å². The molecule has 0 heterocycles. The SMILES string of the molecule is CC1CCC(C)C(N)(Cc2cc(F)cc(F)c2)C1. The zero-order valence-electron chi connectivity index (χ0n) is 11.0. The van der Waals surface area contributed by atoms with Gasteiger partial charge in [-0.15, -0.1) is 0 Å². The molecular formula is C15H21F2N. The average Bonchev–Trinajstić information content (AvgIpc) is 2.22. The minimum Gasteiger partial charge on any atom is -0.325 e. The maximum Gasteiger partial charge on any atom is 0.126 e. The molecule has 2 N–H and O–H groups in total. The minimum atomic E-state index is -0.523. The summed E-state index contributed by atoms with van der Waals surface area (Å²) in [7, 11) is 0. The Bertz CT molecular complexity index is 412. The highest BCUT2D eigenvalue weighted by Crippen LogP contribution is 2.37. The van der Waals surface area contributed by atoms with Crippen LogP contribution in [0.1, 0.15) is 38.7 Å². The van der Waals surface area contributed by atoms with E-state index < -0.39 is 11.6 Å². The van der Waals surface area contributed by atoms with Crippen molar-refractivity contribution in [2.75, 3.05) is 0 Å². The second-order valence-corrected chi connectivity index (χ2v) is 5.98. The molecule has 3 atom stereocenters. The van der Waals surface area contributed by atoms with Gasteiger partial charge in [0.1, 0.15) is 11.6 Å². The van der Waals surface area contributed by atoms with Gasteiger partial charge in [0, 0.05) is 11.6 Å². The van der Waals surface area contributed by atoms with E-state index in [0.717, 1.165) is 18.9 Å². The topological polar surface area (TPSA) is 26.0 Å². The van der Waals surface area contributed by atoms with Gasteiger partial charge in [-0.1, -0.05) is 20.3 Å². The van der Waals surface area contributed by atoms with Crippen LogP contribution in [0.15, 0.2) is 18.2 Å². The molecule has 0 bridgehead atoms. The Kier molecular flexibility index (Phi) is 3.71. The number of hydrogen-bond donors (Lipinski definition) is 1. The van der Waals surface area contributed by atoms with Gasteiger partial charge >= 0.3 is 0 Å². The standard InChI is InChI=1S/C15H21F2N/c1-10-3-4-11(2)15(18,8-10)9-12-5-13(16)7-14(17)6-12/h5-7,10-11H,3-4,8-9,18H2,1-2H3. The monoisotopic (exact) mass is 253 g/mol. The van der Waals surface area contributed by atoms with Crippen LogP contribution in [-0.4, -0.2) is 5.54 Å². The van der Waals surface area contributed by atoms with E-state index in [1.54, 1.807) is 0 Å². The van der Waals surface area contributed by atoms with Crippen LogP contribution in [0, 0.1) is 23.5 Å². The lowest BCUT2D eigenvalue weighted by atomic mass is 9.68. The molecule has 1 aromatic rings. The lowest BCUT2D eigenvalue weighted by molar-refractivity contribution is 0.161. The summed E-state index contributed by atoms with van der Waals surface area (Å²) < 4.78 is 26.4. The molecule has 2 rings (SSSR count). The third-order valence-electron chi connectivity index (χ3n) is 4.26. The van der Waals surface area contributed by atoms with Crippen LogP contribution in [0.5, 0.6) is 0 Å². The van der Waals surface area contributed by atoms with Crippen LogP contribution in [-0.2, 0) is 6.42 Å². The van der Waals surface area contributed by atoms with Crippen LogP contribution in [0.4, 0.5) is 8.78 Å². The van der Waals surface area contributed by atoms with E-state index in [1.807, 2.05) is 0 Å². The highest BCUT2D eigenvalue weighted by molar-refractivity contribution is 5.21. The van der Waals surface area contributed by atoms with Gasteiger partial charge < -0.3 is 5.73 Å². The van der Waals surface area contributed by atoms with Crippen molar-refractivity contribution in [1.29, 1.82) is 0 Å². The smallest absolute Gasteiger partial charge is 0.126 e. The van der Waals surface area contributed by atoms with E-state index in [-0.39, 0.29) is 5.54 Å². The van der Waals surface area contributed by atoms with E-state index in [1.165, 1.54) is 18.6 Å². The van der Waals surface area contributed by atoms with E-state index in [0.29, 0.717) is 23.8 Å². The molecule has 0 aliphatic heterocycles. The molecule has 0 spiro atoms. The maximum atomic E-state index is 13.2. The first kappa shape index (κ1) is 13.5. The van der Waals surface area contributed by atoms with Gasteiger partial charge in [0.05, 0.1) is 0 Å². The molecule has 100 valence electrons. The van der Waals surface area contributed by atoms with Crippen molar-refractivity contribution in [3.05, 3.63) is 35.4 Å². The molecule has 1 fully saturated rings. The third kappa shape index (κ3) is 2.89. The van der Waals surface area contributed by atoms with Crippen LogP contribution in [0.25, 0.3) is 0 Å². The molecule has 0 amide bonds. The predicted molar refractivity (Wildman–Crippen MR) is 69.2 cm³/mol. The van der Waals surface area contributed by atoms with E-state index >= 15 is 0 Å². The summed E-state index contributed by atoms with van der Waals surface area (Å²) in [4.78, 5) is 0. The Morgan fingerprint density at radius 2 is 1.78 bits per heavy atom. The number of nitrogens with two attached hydrogens (primary N) is 1. The van der Waals surface area contributed by atoms with E-state index in [9.17, 15) is 8.78 Å². The molecule has 0 saturated heterocycles. The average molecular weight is 253 g/mol. The second-order valence-electron chi connectivity index (χ2n) is 5.98. The first-order chi connectivity index (χ1) is 8.39.